The molecule has 0 unspecified atom stereocenters. The molecule has 2 N–H and O–H groups in total. The van der Waals surface area contributed by atoms with Crippen molar-refractivity contribution in [2.45, 2.75) is 25.3 Å². The van der Waals surface area contributed by atoms with Gasteiger partial charge in [-0.15, -0.1) is 0 Å². The van der Waals surface area contributed by atoms with Gasteiger partial charge in [0.25, 0.3) is 0 Å². The molecule has 0 saturated carbocycles. The Bertz CT molecular complexity index is 697. The van der Waals surface area contributed by atoms with Crippen LogP contribution in [0.25, 0.3) is 0 Å². The quantitative estimate of drug-likeness (QED) is 0.859. The zero-order valence-electron chi connectivity index (χ0n) is 12.1. The summed E-state index contributed by atoms with van der Waals surface area (Å²) in [5.74, 6) is 0. The van der Waals surface area contributed by atoms with Crippen molar-refractivity contribution in [1.29, 1.82) is 0 Å². The third-order valence-corrected chi connectivity index (χ3v) is 4.55. The molecule has 0 radical (unpaired) electrons. The molecule has 0 saturated heterocycles. The SMILES string of the molecule is CCNc1ccc(S(=O)(=O)NCc2ccncc2C)cc1. The van der Waals surface area contributed by atoms with E-state index in [1.54, 1.807) is 36.7 Å². The van der Waals surface area contributed by atoms with E-state index in [1.165, 1.54) is 0 Å². The number of nitrogens with zero attached hydrogens (tertiary/aromatic N) is 1. The highest BCUT2D eigenvalue weighted by atomic mass is 32.2. The second-order valence-corrected chi connectivity index (χ2v) is 6.45. The van der Waals surface area contributed by atoms with Crippen LogP contribution in [-0.4, -0.2) is 19.9 Å². The van der Waals surface area contributed by atoms with Gasteiger partial charge in [-0.3, -0.25) is 4.98 Å². The van der Waals surface area contributed by atoms with Crippen LogP contribution in [0.3, 0.4) is 0 Å². The minimum absolute atomic E-state index is 0.256. The highest BCUT2D eigenvalue weighted by molar-refractivity contribution is 7.89. The fourth-order valence-electron chi connectivity index (χ4n) is 1.91. The van der Waals surface area contributed by atoms with E-state index in [-0.39, 0.29) is 11.4 Å². The maximum Gasteiger partial charge on any atom is 0.240 e. The normalized spacial score (nSPS) is 11.3. The van der Waals surface area contributed by atoms with E-state index >= 15 is 0 Å². The summed E-state index contributed by atoms with van der Waals surface area (Å²) in [4.78, 5) is 4.25. The maximum absolute atomic E-state index is 12.2. The first-order valence-corrected chi connectivity index (χ1v) is 8.24. The molecule has 5 nitrogen and oxygen atoms in total. The van der Waals surface area contributed by atoms with E-state index in [2.05, 4.69) is 15.0 Å². The van der Waals surface area contributed by atoms with Gasteiger partial charge in [0.15, 0.2) is 0 Å². The van der Waals surface area contributed by atoms with Crippen molar-refractivity contribution in [1.82, 2.24) is 9.71 Å². The number of anilines is 1. The Hall–Kier alpha value is -1.92. The van der Waals surface area contributed by atoms with Gasteiger partial charge in [-0.25, -0.2) is 13.1 Å². The lowest BCUT2D eigenvalue weighted by Gasteiger charge is -2.09. The molecule has 0 aliphatic carbocycles. The number of sulfonamides is 1. The van der Waals surface area contributed by atoms with Crippen LogP contribution in [0.1, 0.15) is 18.1 Å². The molecule has 2 rings (SSSR count). The fraction of sp³-hybridized carbons (Fsp3) is 0.267. The average molecular weight is 305 g/mol. The van der Waals surface area contributed by atoms with Crippen LogP contribution in [0.5, 0.6) is 0 Å². The van der Waals surface area contributed by atoms with Gasteiger partial charge in [0.05, 0.1) is 4.90 Å². The minimum Gasteiger partial charge on any atom is -0.385 e. The average Bonchev–Trinajstić information content (AvgIpc) is 2.47. The molecular weight excluding hydrogens is 286 g/mol. The van der Waals surface area contributed by atoms with Crippen LogP contribution in [0.4, 0.5) is 5.69 Å². The lowest BCUT2D eigenvalue weighted by atomic mass is 10.2. The first-order chi connectivity index (χ1) is 10.0. The van der Waals surface area contributed by atoms with Gasteiger partial charge in [0, 0.05) is 31.2 Å². The van der Waals surface area contributed by atoms with Crippen LogP contribution in [-0.2, 0) is 16.6 Å². The van der Waals surface area contributed by atoms with E-state index in [1.807, 2.05) is 19.9 Å². The van der Waals surface area contributed by atoms with Gasteiger partial charge in [0.1, 0.15) is 0 Å². The molecule has 2 aromatic rings. The predicted octanol–water partition coefficient (Wildman–Crippen LogP) is 2.30. The zero-order chi connectivity index (χ0) is 15.3. The summed E-state index contributed by atoms with van der Waals surface area (Å²) in [6.07, 6.45) is 3.37. The van der Waals surface area contributed by atoms with Crippen molar-refractivity contribution >= 4 is 15.7 Å². The van der Waals surface area contributed by atoms with Gasteiger partial charge >= 0.3 is 0 Å². The van der Waals surface area contributed by atoms with Crippen molar-refractivity contribution < 1.29 is 8.42 Å². The van der Waals surface area contributed by atoms with Gasteiger partial charge in [-0.05, 0) is 55.3 Å². The minimum atomic E-state index is -3.51. The van der Waals surface area contributed by atoms with Gasteiger partial charge in [0.2, 0.25) is 10.0 Å². The van der Waals surface area contributed by atoms with Crippen molar-refractivity contribution in [3.8, 4) is 0 Å². The smallest absolute Gasteiger partial charge is 0.240 e. The summed E-state index contributed by atoms with van der Waals surface area (Å²) in [6, 6.07) is 8.52. The van der Waals surface area contributed by atoms with Crippen LogP contribution < -0.4 is 10.0 Å². The van der Waals surface area contributed by atoms with Crippen molar-refractivity contribution in [2.24, 2.45) is 0 Å². The number of pyridine rings is 1. The molecule has 6 heteroatoms. The lowest BCUT2D eigenvalue weighted by Crippen LogP contribution is -2.23. The molecule has 0 aliphatic heterocycles. The summed E-state index contributed by atoms with van der Waals surface area (Å²) >= 11 is 0. The third kappa shape index (κ3) is 4.03. The predicted molar refractivity (Wildman–Crippen MR) is 83.6 cm³/mol. The summed E-state index contributed by atoms with van der Waals surface area (Å²) in [5.41, 5.74) is 2.78. The first-order valence-electron chi connectivity index (χ1n) is 6.76. The molecule has 1 aromatic heterocycles. The number of aromatic nitrogens is 1. The van der Waals surface area contributed by atoms with Crippen LogP contribution in [0, 0.1) is 6.92 Å². The lowest BCUT2D eigenvalue weighted by molar-refractivity contribution is 0.581. The van der Waals surface area contributed by atoms with Gasteiger partial charge < -0.3 is 5.32 Å². The Labute approximate surface area is 125 Å². The number of hydrogen-bond acceptors (Lipinski definition) is 4. The topological polar surface area (TPSA) is 71.1 Å². The van der Waals surface area contributed by atoms with Gasteiger partial charge in [-0.1, -0.05) is 0 Å². The standard InChI is InChI=1S/C15H19N3O2S/c1-3-17-14-4-6-15(7-5-14)21(19,20)18-11-13-8-9-16-10-12(13)2/h4-10,17-18H,3,11H2,1-2H3. The summed E-state index contributed by atoms with van der Waals surface area (Å²) in [6.45, 7) is 4.95. The fourth-order valence-corrected chi connectivity index (χ4v) is 2.92. The molecule has 0 amide bonds. The number of hydrogen-bond donors (Lipinski definition) is 2. The molecule has 0 spiro atoms. The summed E-state index contributed by atoms with van der Waals surface area (Å²) in [7, 11) is -3.51. The molecule has 1 heterocycles. The monoisotopic (exact) mass is 305 g/mol. The highest BCUT2D eigenvalue weighted by Crippen LogP contribution is 2.14. The molecule has 112 valence electrons. The summed E-state index contributed by atoms with van der Waals surface area (Å²) < 4.78 is 27.1. The molecule has 0 fully saturated rings. The number of aryl methyl sites for hydroxylation is 1. The Kier molecular flexibility index (Phi) is 4.93. The van der Waals surface area contributed by atoms with E-state index in [9.17, 15) is 8.42 Å². The Morgan fingerprint density at radius 2 is 1.86 bits per heavy atom. The molecular formula is C15H19N3O2S. The van der Waals surface area contributed by atoms with Crippen molar-refractivity contribution in [2.75, 3.05) is 11.9 Å². The van der Waals surface area contributed by atoms with Crippen molar-refractivity contribution in [3.63, 3.8) is 0 Å². The van der Waals surface area contributed by atoms with Crippen LogP contribution >= 0.6 is 0 Å². The van der Waals surface area contributed by atoms with Crippen LogP contribution in [0.2, 0.25) is 0 Å². The van der Waals surface area contributed by atoms with Crippen LogP contribution in [0.15, 0.2) is 47.6 Å². The molecule has 0 aliphatic rings. The number of nitrogens with one attached hydrogen (secondary N) is 2. The maximum atomic E-state index is 12.2. The number of benzene rings is 1. The highest BCUT2D eigenvalue weighted by Gasteiger charge is 2.13. The van der Waals surface area contributed by atoms with Gasteiger partial charge in [-0.2, -0.15) is 0 Å². The van der Waals surface area contributed by atoms with E-state index in [0.29, 0.717) is 0 Å². The van der Waals surface area contributed by atoms with E-state index in [4.69, 9.17) is 0 Å². The summed E-state index contributed by atoms with van der Waals surface area (Å²) in [5, 5.41) is 3.13. The zero-order valence-corrected chi connectivity index (χ0v) is 12.9. The van der Waals surface area contributed by atoms with Crippen molar-refractivity contribution in [3.05, 3.63) is 53.9 Å². The Balaban J connectivity index is 2.09. The second-order valence-electron chi connectivity index (χ2n) is 4.68. The van der Waals surface area contributed by atoms with E-state index in [0.717, 1.165) is 23.4 Å². The molecule has 21 heavy (non-hydrogen) atoms. The second kappa shape index (κ2) is 6.69. The molecule has 1 aromatic carbocycles. The Morgan fingerprint density at radius 1 is 1.14 bits per heavy atom. The largest absolute Gasteiger partial charge is 0.385 e. The Morgan fingerprint density at radius 3 is 2.48 bits per heavy atom. The molecule has 0 atom stereocenters. The molecule has 0 bridgehead atoms. The van der Waals surface area contributed by atoms with E-state index < -0.39 is 10.0 Å². The first kappa shape index (κ1) is 15.5. The number of rotatable bonds is 6. The third-order valence-electron chi connectivity index (χ3n) is 3.13.